The minimum Gasteiger partial charge on any atom is -0.494 e. The van der Waals surface area contributed by atoms with Crippen molar-refractivity contribution in [2.45, 2.75) is 43.4 Å². The second-order valence-electron chi connectivity index (χ2n) is 9.43. The third-order valence-corrected chi connectivity index (χ3v) is 6.97. The molecule has 1 aliphatic carbocycles. The van der Waals surface area contributed by atoms with E-state index in [-0.39, 0.29) is 43.0 Å². The molecule has 1 saturated heterocycles. The topological polar surface area (TPSA) is 81.6 Å². The van der Waals surface area contributed by atoms with Crippen LogP contribution in [0.2, 0.25) is 0 Å². The molecule has 12 heteroatoms. The van der Waals surface area contributed by atoms with E-state index >= 15 is 0 Å². The fraction of sp³-hybridized carbons (Fsp3) is 0.400. The van der Waals surface area contributed by atoms with E-state index in [1.807, 2.05) is 18.2 Å². The number of likely N-dealkylation sites (tertiary alicyclic amines) is 1. The van der Waals surface area contributed by atoms with Gasteiger partial charge in [0.25, 0.3) is 0 Å². The van der Waals surface area contributed by atoms with E-state index in [0.29, 0.717) is 41.6 Å². The summed E-state index contributed by atoms with van der Waals surface area (Å²) in [4.78, 5) is 6.22. The number of hydrogen-bond acceptors (Lipinski definition) is 6. The average Bonchev–Trinajstić information content (AvgIpc) is 3.46. The van der Waals surface area contributed by atoms with Crippen molar-refractivity contribution in [2.75, 3.05) is 20.2 Å². The SMILES string of the molecule is COc1c(C2CC2)ccc2ccc(-c3nnc4ccc([C@@H](N5CCC(N)C5)C(F)(F)F)cn34)nc12.Cl.Cl. The summed E-state index contributed by atoms with van der Waals surface area (Å²) < 4.78 is 49.8. The quantitative estimate of drug-likeness (QED) is 0.360. The summed E-state index contributed by atoms with van der Waals surface area (Å²) in [6.07, 6.45) is -0.183. The van der Waals surface area contributed by atoms with Gasteiger partial charge in [-0.15, -0.1) is 35.0 Å². The third-order valence-electron chi connectivity index (χ3n) is 6.97. The van der Waals surface area contributed by atoms with E-state index in [1.165, 1.54) is 17.2 Å². The van der Waals surface area contributed by atoms with Crippen LogP contribution in [0.25, 0.3) is 28.1 Å². The molecule has 1 aromatic carbocycles. The first kappa shape index (κ1) is 27.4. The summed E-state index contributed by atoms with van der Waals surface area (Å²) in [6, 6.07) is 8.86. The molecule has 0 amide bonds. The predicted molar refractivity (Wildman–Crippen MR) is 140 cm³/mol. The maximum Gasteiger partial charge on any atom is 0.408 e. The number of methoxy groups -OCH3 is 1. The van der Waals surface area contributed by atoms with Gasteiger partial charge >= 0.3 is 6.18 Å². The van der Waals surface area contributed by atoms with Crippen LogP contribution < -0.4 is 10.5 Å². The van der Waals surface area contributed by atoms with Gasteiger partial charge in [0.15, 0.2) is 11.5 Å². The number of nitrogens with zero attached hydrogens (tertiary/aromatic N) is 5. The number of aromatic nitrogens is 4. The van der Waals surface area contributed by atoms with E-state index in [1.54, 1.807) is 17.6 Å². The third kappa shape index (κ3) is 4.95. The molecule has 2 atom stereocenters. The van der Waals surface area contributed by atoms with Crippen molar-refractivity contribution >= 4 is 41.4 Å². The summed E-state index contributed by atoms with van der Waals surface area (Å²) in [7, 11) is 1.63. The predicted octanol–water partition coefficient (Wildman–Crippen LogP) is 5.31. The monoisotopic (exact) mass is 554 g/mol. The minimum absolute atomic E-state index is 0. The van der Waals surface area contributed by atoms with Gasteiger partial charge in [-0.25, -0.2) is 4.98 Å². The normalized spacial score (nSPS) is 19.0. The first-order valence-corrected chi connectivity index (χ1v) is 11.7. The van der Waals surface area contributed by atoms with E-state index in [9.17, 15) is 13.2 Å². The van der Waals surface area contributed by atoms with Gasteiger partial charge in [0, 0.05) is 30.7 Å². The molecule has 2 N–H and O–H groups in total. The van der Waals surface area contributed by atoms with Crippen LogP contribution in [-0.2, 0) is 0 Å². The number of pyridine rings is 2. The first-order valence-electron chi connectivity index (χ1n) is 11.7. The maximum atomic E-state index is 14.2. The molecule has 2 aliphatic rings. The van der Waals surface area contributed by atoms with Crippen molar-refractivity contribution in [3.8, 4) is 17.3 Å². The lowest BCUT2D eigenvalue weighted by atomic mass is 10.1. The van der Waals surface area contributed by atoms with Crippen LogP contribution in [0.4, 0.5) is 13.2 Å². The molecule has 0 spiro atoms. The highest BCUT2D eigenvalue weighted by atomic mass is 35.5. The van der Waals surface area contributed by atoms with Gasteiger partial charge in [-0.1, -0.05) is 24.3 Å². The van der Waals surface area contributed by atoms with Crippen molar-refractivity contribution < 1.29 is 17.9 Å². The average molecular weight is 555 g/mol. The zero-order valence-electron chi connectivity index (χ0n) is 20.0. The van der Waals surface area contributed by atoms with Gasteiger partial charge in [0.2, 0.25) is 0 Å². The van der Waals surface area contributed by atoms with Crippen LogP contribution in [0.15, 0.2) is 42.6 Å². The molecular formula is C25H27Cl2F3N6O. The smallest absolute Gasteiger partial charge is 0.408 e. The van der Waals surface area contributed by atoms with Crippen molar-refractivity contribution in [2.24, 2.45) is 5.73 Å². The lowest BCUT2D eigenvalue weighted by molar-refractivity contribution is -0.183. The van der Waals surface area contributed by atoms with Gasteiger partial charge in [-0.2, -0.15) is 13.2 Å². The Balaban J connectivity index is 0.00000160. The fourth-order valence-corrected chi connectivity index (χ4v) is 5.13. The minimum atomic E-state index is -4.44. The summed E-state index contributed by atoms with van der Waals surface area (Å²) in [6.45, 7) is 0.500. The summed E-state index contributed by atoms with van der Waals surface area (Å²) in [5.74, 6) is 1.60. The number of rotatable bonds is 5. The number of nitrogens with two attached hydrogens (primary N) is 1. The Kier molecular flexibility index (Phi) is 7.58. The largest absolute Gasteiger partial charge is 0.494 e. The Hall–Kier alpha value is -2.66. The highest BCUT2D eigenvalue weighted by Gasteiger charge is 2.46. The number of halogens is 5. The van der Waals surface area contributed by atoms with Gasteiger partial charge < -0.3 is 10.5 Å². The van der Waals surface area contributed by atoms with Crippen LogP contribution in [0, 0.1) is 0 Å². The number of hydrogen-bond donors (Lipinski definition) is 1. The van der Waals surface area contributed by atoms with Gasteiger partial charge in [0.1, 0.15) is 23.0 Å². The molecule has 1 saturated carbocycles. The number of benzene rings is 1. The van der Waals surface area contributed by atoms with Crippen LogP contribution >= 0.6 is 24.8 Å². The molecule has 198 valence electrons. The highest BCUT2D eigenvalue weighted by molar-refractivity contribution is 5.88. The number of ether oxygens (including phenoxy) is 1. The summed E-state index contributed by atoms with van der Waals surface area (Å²) >= 11 is 0. The zero-order chi connectivity index (χ0) is 24.3. The van der Waals surface area contributed by atoms with Gasteiger partial charge in [-0.3, -0.25) is 9.30 Å². The molecule has 3 aromatic heterocycles. The molecule has 0 bridgehead atoms. The van der Waals surface area contributed by atoms with Crippen molar-refractivity contribution in [1.29, 1.82) is 0 Å². The Morgan fingerprint density at radius 2 is 1.78 bits per heavy atom. The molecule has 4 aromatic rings. The molecule has 37 heavy (non-hydrogen) atoms. The Morgan fingerprint density at radius 1 is 1.03 bits per heavy atom. The second kappa shape index (κ2) is 10.2. The lowest BCUT2D eigenvalue weighted by Crippen LogP contribution is -2.38. The second-order valence-corrected chi connectivity index (χ2v) is 9.43. The van der Waals surface area contributed by atoms with E-state index < -0.39 is 12.2 Å². The highest BCUT2D eigenvalue weighted by Crippen LogP contribution is 2.46. The maximum absolute atomic E-state index is 14.2. The molecule has 1 aliphatic heterocycles. The Bertz CT molecular complexity index is 1430. The fourth-order valence-electron chi connectivity index (χ4n) is 5.13. The summed E-state index contributed by atoms with van der Waals surface area (Å²) in [5.41, 5.74) is 8.83. The standard InChI is InChI=1S/C25H25F3N6O.2ClH/c1-35-22-18(14-2-3-14)7-4-15-5-8-19(30-21(15)22)24-32-31-20-9-6-16(12-34(20)24)23(25(26,27)28)33-11-10-17(29)13-33;;/h4-9,12,14,17,23H,2-3,10-11,13,29H2,1H3;2*1H/t17?,23-;;/m1../s1. The van der Waals surface area contributed by atoms with Crippen molar-refractivity contribution in [1.82, 2.24) is 24.5 Å². The van der Waals surface area contributed by atoms with Crippen molar-refractivity contribution in [3.63, 3.8) is 0 Å². The van der Waals surface area contributed by atoms with Crippen LogP contribution in [0.3, 0.4) is 0 Å². The molecule has 2 fully saturated rings. The van der Waals surface area contributed by atoms with Crippen LogP contribution in [0.5, 0.6) is 5.75 Å². The van der Waals surface area contributed by atoms with E-state index in [4.69, 9.17) is 15.5 Å². The van der Waals surface area contributed by atoms with Gasteiger partial charge in [-0.05, 0) is 48.4 Å². The number of alkyl halides is 3. The molecule has 7 nitrogen and oxygen atoms in total. The van der Waals surface area contributed by atoms with Crippen LogP contribution in [-0.4, -0.2) is 56.9 Å². The number of fused-ring (bicyclic) bond motifs is 2. The van der Waals surface area contributed by atoms with Crippen molar-refractivity contribution in [3.05, 3.63) is 53.7 Å². The van der Waals surface area contributed by atoms with Gasteiger partial charge in [0.05, 0.1) is 7.11 Å². The Labute approximate surface area is 224 Å². The molecule has 0 radical (unpaired) electrons. The van der Waals surface area contributed by atoms with E-state index in [0.717, 1.165) is 29.5 Å². The molecule has 4 heterocycles. The Morgan fingerprint density at radius 3 is 2.43 bits per heavy atom. The molecule has 6 rings (SSSR count). The molecule has 1 unspecified atom stereocenters. The zero-order valence-corrected chi connectivity index (χ0v) is 21.6. The van der Waals surface area contributed by atoms with Crippen LogP contribution in [0.1, 0.15) is 42.3 Å². The molecular weight excluding hydrogens is 528 g/mol. The summed E-state index contributed by atoms with van der Waals surface area (Å²) in [5, 5.41) is 9.36. The van der Waals surface area contributed by atoms with E-state index in [2.05, 4.69) is 16.3 Å². The lowest BCUT2D eigenvalue weighted by Gasteiger charge is -2.30. The first-order chi connectivity index (χ1) is 16.8.